The van der Waals surface area contributed by atoms with Gasteiger partial charge in [-0.3, -0.25) is 9.89 Å². The Morgan fingerprint density at radius 3 is 2.75 bits per heavy atom. The van der Waals surface area contributed by atoms with E-state index in [1.54, 1.807) is 20.2 Å². The van der Waals surface area contributed by atoms with E-state index >= 15 is 0 Å². The monoisotopic (exact) mass is 395 g/mol. The zero-order chi connectivity index (χ0) is 19.7. The number of methoxy groups -OCH3 is 1. The highest BCUT2D eigenvalue weighted by Crippen LogP contribution is 2.44. The third kappa shape index (κ3) is 2.87. The van der Waals surface area contributed by atoms with E-state index in [0.717, 1.165) is 21.6 Å². The Bertz CT molecular complexity index is 1210. The maximum atomic E-state index is 12.6. The lowest BCUT2D eigenvalue weighted by atomic mass is 10.1. The van der Waals surface area contributed by atoms with Crippen LogP contribution in [0.3, 0.4) is 0 Å². The van der Waals surface area contributed by atoms with Gasteiger partial charge in [-0.1, -0.05) is 30.3 Å². The van der Waals surface area contributed by atoms with Crippen LogP contribution in [0.2, 0.25) is 0 Å². The van der Waals surface area contributed by atoms with Crippen molar-refractivity contribution < 1.29 is 14.3 Å². The van der Waals surface area contributed by atoms with Crippen molar-refractivity contribution in [3.05, 3.63) is 64.0 Å². The van der Waals surface area contributed by atoms with E-state index in [1.165, 1.54) is 22.0 Å². The fourth-order valence-corrected chi connectivity index (χ4v) is 4.08. The summed E-state index contributed by atoms with van der Waals surface area (Å²) in [5, 5.41) is 4.89. The Morgan fingerprint density at radius 2 is 2.04 bits per heavy atom. The third-order valence-corrected chi connectivity index (χ3v) is 5.31. The number of carbonyl (C=O) groups is 1. The molecule has 0 atom stereocenters. The summed E-state index contributed by atoms with van der Waals surface area (Å²) >= 11 is 1.50. The lowest BCUT2D eigenvalue weighted by Gasteiger charge is -2.06. The van der Waals surface area contributed by atoms with Crippen LogP contribution in [0, 0.1) is 0 Å². The van der Waals surface area contributed by atoms with E-state index in [4.69, 9.17) is 9.47 Å². The second-order valence-electron chi connectivity index (χ2n) is 5.92. The first-order valence-corrected chi connectivity index (χ1v) is 9.51. The minimum atomic E-state index is -0.689. The Hall–Kier alpha value is -3.39. The molecule has 0 aliphatic heterocycles. The molecule has 0 bridgehead atoms. The number of thiophene rings is 1. The fourth-order valence-electron chi connectivity index (χ4n) is 3.03. The summed E-state index contributed by atoms with van der Waals surface area (Å²) in [5.74, 6) is 0.0204. The molecule has 0 saturated heterocycles. The normalized spacial score (nSPS) is 10.9. The number of aromatic amines is 1. The number of nitrogens with zero attached hydrogens (tertiary/aromatic N) is 2. The van der Waals surface area contributed by atoms with Crippen LogP contribution >= 0.6 is 11.3 Å². The summed E-state index contributed by atoms with van der Waals surface area (Å²) in [5.41, 5.74) is 2.52. The Balaban J connectivity index is 1.85. The standard InChI is InChI=1S/C20H17N3O4S/c1-3-27-20(25)14-9-21-18-13(10-22-23(18)19(14)24)17-16(26-2)15(11-28-17)12-7-5-4-6-8-12/h4-11,22H,3H2,1-2H3. The highest BCUT2D eigenvalue weighted by atomic mass is 32.1. The van der Waals surface area contributed by atoms with Crippen molar-refractivity contribution in [3.63, 3.8) is 0 Å². The third-order valence-electron chi connectivity index (χ3n) is 4.31. The number of hydrogen-bond acceptors (Lipinski definition) is 6. The fraction of sp³-hybridized carbons (Fsp3) is 0.150. The Kier molecular flexibility index (Phi) is 4.70. The minimum Gasteiger partial charge on any atom is -0.495 e. The zero-order valence-electron chi connectivity index (χ0n) is 15.3. The van der Waals surface area contributed by atoms with E-state index in [2.05, 4.69) is 10.1 Å². The molecule has 0 amide bonds. The minimum absolute atomic E-state index is 0.115. The first kappa shape index (κ1) is 18.0. The molecule has 0 unspecified atom stereocenters. The molecular formula is C20H17N3O4S. The number of aromatic nitrogens is 3. The van der Waals surface area contributed by atoms with Gasteiger partial charge in [-0.15, -0.1) is 11.3 Å². The van der Waals surface area contributed by atoms with Crippen LogP contribution in [-0.2, 0) is 4.74 Å². The topological polar surface area (TPSA) is 85.7 Å². The van der Waals surface area contributed by atoms with Crippen molar-refractivity contribution in [2.24, 2.45) is 0 Å². The number of fused-ring (bicyclic) bond motifs is 1. The molecule has 0 fully saturated rings. The van der Waals surface area contributed by atoms with Crippen LogP contribution in [0.4, 0.5) is 0 Å². The molecule has 4 aromatic rings. The molecule has 4 rings (SSSR count). The molecule has 0 aliphatic rings. The van der Waals surface area contributed by atoms with Gasteiger partial charge >= 0.3 is 5.97 Å². The van der Waals surface area contributed by atoms with Crippen LogP contribution in [-0.4, -0.2) is 34.3 Å². The van der Waals surface area contributed by atoms with Gasteiger partial charge in [0.15, 0.2) is 5.65 Å². The first-order chi connectivity index (χ1) is 13.7. The Morgan fingerprint density at radius 1 is 1.25 bits per heavy atom. The molecule has 8 heteroatoms. The largest absolute Gasteiger partial charge is 0.495 e. The average molecular weight is 395 g/mol. The van der Waals surface area contributed by atoms with Gasteiger partial charge in [0, 0.05) is 23.3 Å². The molecular weight excluding hydrogens is 378 g/mol. The number of esters is 1. The van der Waals surface area contributed by atoms with E-state index in [0.29, 0.717) is 11.4 Å². The molecule has 1 N–H and O–H groups in total. The highest BCUT2D eigenvalue weighted by Gasteiger charge is 2.21. The summed E-state index contributed by atoms with van der Waals surface area (Å²) in [7, 11) is 1.62. The van der Waals surface area contributed by atoms with Gasteiger partial charge in [0.25, 0.3) is 5.56 Å². The predicted molar refractivity (Wildman–Crippen MR) is 107 cm³/mol. The number of hydrogen-bond donors (Lipinski definition) is 1. The number of H-pyrrole nitrogens is 1. The molecule has 0 saturated carbocycles. The van der Waals surface area contributed by atoms with Crippen LogP contribution in [0.5, 0.6) is 5.75 Å². The molecule has 1 aromatic carbocycles. The number of ether oxygens (including phenoxy) is 2. The summed E-state index contributed by atoms with van der Waals surface area (Å²) in [4.78, 5) is 29.7. The van der Waals surface area contributed by atoms with Gasteiger partial charge in [0.2, 0.25) is 0 Å². The van der Waals surface area contributed by atoms with E-state index in [1.807, 2.05) is 35.7 Å². The predicted octanol–water partition coefficient (Wildman–Crippen LogP) is 3.60. The second kappa shape index (κ2) is 7.32. The molecule has 0 aliphatic carbocycles. The maximum absolute atomic E-state index is 12.6. The number of nitrogens with one attached hydrogen (secondary N) is 1. The van der Waals surface area contributed by atoms with Crippen LogP contribution in [0.15, 0.2) is 52.9 Å². The van der Waals surface area contributed by atoms with Gasteiger partial charge in [-0.25, -0.2) is 14.3 Å². The summed E-state index contributed by atoms with van der Waals surface area (Å²) in [6, 6.07) is 9.92. The van der Waals surface area contributed by atoms with Crippen LogP contribution < -0.4 is 10.3 Å². The van der Waals surface area contributed by atoms with Crippen molar-refractivity contribution in [2.45, 2.75) is 6.92 Å². The van der Waals surface area contributed by atoms with Crippen molar-refractivity contribution in [2.75, 3.05) is 13.7 Å². The lowest BCUT2D eigenvalue weighted by molar-refractivity contribution is 0.0523. The highest BCUT2D eigenvalue weighted by molar-refractivity contribution is 7.14. The SMILES string of the molecule is CCOC(=O)c1cnc2c(-c3scc(-c4ccccc4)c3OC)c[nH]n2c1=O. The van der Waals surface area contributed by atoms with Gasteiger partial charge in [-0.2, -0.15) is 0 Å². The number of rotatable bonds is 5. The quantitative estimate of drug-likeness (QED) is 0.522. The average Bonchev–Trinajstić information content (AvgIpc) is 3.33. The van der Waals surface area contributed by atoms with Crippen molar-refractivity contribution >= 4 is 23.0 Å². The molecule has 0 radical (unpaired) electrons. The van der Waals surface area contributed by atoms with Gasteiger partial charge in [-0.05, 0) is 12.5 Å². The zero-order valence-corrected chi connectivity index (χ0v) is 16.1. The van der Waals surface area contributed by atoms with Crippen molar-refractivity contribution in [3.8, 4) is 27.3 Å². The number of carbonyl (C=O) groups excluding carboxylic acids is 1. The Labute approximate surface area is 164 Å². The van der Waals surface area contributed by atoms with Crippen LogP contribution in [0.25, 0.3) is 27.2 Å². The van der Waals surface area contributed by atoms with Gasteiger partial charge < -0.3 is 9.47 Å². The summed E-state index contributed by atoms with van der Waals surface area (Å²) < 4.78 is 11.8. The van der Waals surface area contributed by atoms with Gasteiger partial charge in [0.05, 0.1) is 24.2 Å². The summed E-state index contributed by atoms with van der Waals surface area (Å²) in [6.07, 6.45) is 2.94. The smallest absolute Gasteiger partial charge is 0.345 e. The van der Waals surface area contributed by atoms with E-state index in [-0.39, 0.29) is 12.2 Å². The molecule has 7 nitrogen and oxygen atoms in total. The van der Waals surface area contributed by atoms with Crippen LogP contribution in [0.1, 0.15) is 17.3 Å². The van der Waals surface area contributed by atoms with E-state index < -0.39 is 11.5 Å². The molecule has 28 heavy (non-hydrogen) atoms. The molecule has 3 heterocycles. The molecule has 0 spiro atoms. The first-order valence-electron chi connectivity index (χ1n) is 8.63. The van der Waals surface area contributed by atoms with Crippen molar-refractivity contribution in [1.29, 1.82) is 0 Å². The van der Waals surface area contributed by atoms with E-state index in [9.17, 15) is 9.59 Å². The molecule has 142 valence electrons. The lowest BCUT2D eigenvalue weighted by Crippen LogP contribution is -2.24. The van der Waals surface area contributed by atoms with Gasteiger partial charge in [0.1, 0.15) is 11.3 Å². The molecule has 3 aromatic heterocycles. The second-order valence-corrected chi connectivity index (χ2v) is 6.80. The number of benzene rings is 1. The maximum Gasteiger partial charge on any atom is 0.345 e. The van der Waals surface area contributed by atoms with Crippen molar-refractivity contribution in [1.82, 2.24) is 14.6 Å². The summed E-state index contributed by atoms with van der Waals surface area (Å²) in [6.45, 7) is 1.87.